The number of aromatic nitrogens is 3. The fourth-order valence-corrected chi connectivity index (χ4v) is 2.82. The van der Waals surface area contributed by atoms with Crippen LogP contribution in [0.1, 0.15) is 59.1 Å². The highest BCUT2D eigenvalue weighted by molar-refractivity contribution is 4.94. The van der Waals surface area contributed by atoms with Gasteiger partial charge in [0.1, 0.15) is 0 Å². The third-order valence-corrected chi connectivity index (χ3v) is 4.27. The van der Waals surface area contributed by atoms with E-state index in [2.05, 4.69) is 48.2 Å². The largest absolute Gasteiger partial charge is 0.311 e. The van der Waals surface area contributed by atoms with Crippen LogP contribution in [0.5, 0.6) is 0 Å². The summed E-state index contributed by atoms with van der Waals surface area (Å²) < 4.78 is 1.93. The van der Waals surface area contributed by atoms with Crippen molar-refractivity contribution in [2.24, 2.45) is 0 Å². The Morgan fingerprint density at radius 1 is 1.33 bits per heavy atom. The van der Waals surface area contributed by atoms with Gasteiger partial charge in [-0.1, -0.05) is 11.6 Å². The first-order valence-corrected chi connectivity index (χ1v) is 8.33. The van der Waals surface area contributed by atoms with Crippen molar-refractivity contribution in [2.75, 3.05) is 19.6 Å². The average Bonchev–Trinajstić information content (AvgIpc) is 2.89. The van der Waals surface area contributed by atoms with Gasteiger partial charge in [0.15, 0.2) is 0 Å². The molecule has 1 unspecified atom stereocenters. The van der Waals surface area contributed by atoms with Crippen LogP contribution < -0.4 is 5.32 Å². The molecule has 120 valence electrons. The minimum absolute atomic E-state index is 0.00957. The van der Waals surface area contributed by atoms with E-state index in [0.29, 0.717) is 0 Å². The van der Waals surface area contributed by atoms with Crippen LogP contribution in [0, 0.1) is 0 Å². The van der Waals surface area contributed by atoms with E-state index in [4.69, 9.17) is 0 Å². The van der Waals surface area contributed by atoms with Crippen molar-refractivity contribution in [1.82, 2.24) is 25.2 Å². The molecule has 1 saturated heterocycles. The van der Waals surface area contributed by atoms with Crippen LogP contribution in [0.2, 0.25) is 0 Å². The van der Waals surface area contributed by atoms with Crippen molar-refractivity contribution < 1.29 is 0 Å². The van der Waals surface area contributed by atoms with Gasteiger partial charge in [-0.3, -0.25) is 0 Å². The lowest BCUT2D eigenvalue weighted by Gasteiger charge is -2.33. The fourth-order valence-electron chi connectivity index (χ4n) is 2.82. The third-order valence-electron chi connectivity index (χ3n) is 4.27. The zero-order chi connectivity index (χ0) is 15.3. The van der Waals surface area contributed by atoms with Crippen LogP contribution in [-0.4, -0.2) is 45.6 Å². The fraction of sp³-hybridized carbons (Fsp3) is 0.875. The molecule has 1 fully saturated rings. The van der Waals surface area contributed by atoms with Crippen molar-refractivity contribution in [1.29, 1.82) is 0 Å². The summed E-state index contributed by atoms with van der Waals surface area (Å²) >= 11 is 0. The Morgan fingerprint density at radius 2 is 2.14 bits per heavy atom. The summed E-state index contributed by atoms with van der Waals surface area (Å²) in [5.41, 5.74) is 1.03. The highest BCUT2D eigenvalue weighted by atomic mass is 15.4. The van der Waals surface area contributed by atoms with Crippen LogP contribution in [0.15, 0.2) is 6.20 Å². The van der Waals surface area contributed by atoms with Gasteiger partial charge >= 0.3 is 0 Å². The minimum Gasteiger partial charge on any atom is -0.311 e. The number of likely N-dealkylation sites (tertiary alicyclic amines) is 1. The number of nitrogens with zero attached hydrogens (tertiary/aromatic N) is 4. The SMILES string of the molecule is CC1CCCCN1CCCNCc1cn(C(C)(C)C)nn1. The van der Waals surface area contributed by atoms with E-state index in [9.17, 15) is 0 Å². The van der Waals surface area contributed by atoms with Gasteiger partial charge in [-0.25, -0.2) is 4.68 Å². The van der Waals surface area contributed by atoms with Crippen LogP contribution in [0.4, 0.5) is 0 Å². The first-order chi connectivity index (χ1) is 9.97. The maximum atomic E-state index is 4.22. The van der Waals surface area contributed by atoms with Gasteiger partial charge in [0, 0.05) is 12.6 Å². The van der Waals surface area contributed by atoms with Crippen molar-refractivity contribution in [2.45, 2.75) is 71.5 Å². The zero-order valence-corrected chi connectivity index (χ0v) is 14.1. The molecule has 0 spiro atoms. The Labute approximate surface area is 129 Å². The lowest BCUT2D eigenvalue weighted by Crippen LogP contribution is -2.38. The topological polar surface area (TPSA) is 46.0 Å². The molecule has 21 heavy (non-hydrogen) atoms. The molecule has 0 bridgehead atoms. The molecule has 1 aliphatic heterocycles. The maximum absolute atomic E-state index is 4.22. The summed E-state index contributed by atoms with van der Waals surface area (Å²) in [7, 11) is 0. The van der Waals surface area contributed by atoms with Crippen molar-refractivity contribution in [3.63, 3.8) is 0 Å². The zero-order valence-electron chi connectivity index (χ0n) is 14.1. The first-order valence-electron chi connectivity index (χ1n) is 8.33. The molecule has 2 heterocycles. The molecule has 0 aromatic carbocycles. The molecular formula is C16H31N5. The molecule has 1 aliphatic rings. The molecule has 1 aromatic rings. The number of nitrogens with one attached hydrogen (secondary N) is 1. The molecule has 0 radical (unpaired) electrons. The first kappa shape index (κ1) is 16.4. The van der Waals surface area contributed by atoms with Crippen LogP contribution >= 0.6 is 0 Å². The van der Waals surface area contributed by atoms with Crippen molar-refractivity contribution in [3.8, 4) is 0 Å². The van der Waals surface area contributed by atoms with E-state index in [1.54, 1.807) is 0 Å². The van der Waals surface area contributed by atoms with E-state index < -0.39 is 0 Å². The normalized spacial score (nSPS) is 20.9. The second kappa shape index (κ2) is 7.36. The Morgan fingerprint density at radius 3 is 2.81 bits per heavy atom. The quantitative estimate of drug-likeness (QED) is 0.818. The van der Waals surface area contributed by atoms with Gasteiger partial charge in [0.25, 0.3) is 0 Å². The van der Waals surface area contributed by atoms with Gasteiger partial charge in [-0.15, -0.1) is 5.10 Å². The van der Waals surface area contributed by atoms with Crippen molar-refractivity contribution in [3.05, 3.63) is 11.9 Å². The smallest absolute Gasteiger partial charge is 0.0965 e. The Kier molecular flexibility index (Phi) is 5.76. The summed E-state index contributed by atoms with van der Waals surface area (Å²) in [6, 6.07) is 0.769. The van der Waals surface area contributed by atoms with E-state index in [1.807, 2.05) is 10.9 Å². The molecule has 5 nitrogen and oxygen atoms in total. The summed E-state index contributed by atoms with van der Waals surface area (Å²) in [6.45, 7) is 13.1. The third kappa shape index (κ3) is 5.08. The van der Waals surface area contributed by atoms with E-state index in [1.165, 1.54) is 38.8 Å². The Balaban J connectivity index is 1.62. The summed E-state index contributed by atoms with van der Waals surface area (Å²) in [6.07, 6.45) is 7.38. The van der Waals surface area contributed by atoms with E-state index in [0.717, 1.165) is 24.8 Å². The highest BCUT2D eigenvalue weighted by Crippen LogP contribution is 2.16. The number of hydrogen-bond acceptors (Lipinski definition) is 4. The molecule has 2 rings (SSSR count). The van der Waals surface area contributed by atoms with Crippen LogP contribution in [0.25, 0.3) is 0 Å². The molecule has 5 heteroatoms. The Hall–Kier alpha value is -0.940. The highest BCUT2D eigenvalue weighted by Gasteiger charge is 2.17. The molecule has 1 N–H and O–H groups in total. The van der Waals surface area contributed by atoms with Gasteiger partial charge in [0.2, 0.25) is 0 Å². The van der Waals surface area contributed by atoms with E-state index >= 15 is 0 Å². The molecule has 0 amide bonds. The predicted molar refractivity (Wildman–Crippen MR) is 86.2 cm³/mol. The van der Waals surface area contributed by atoms with E-state index in [-0.39, 0.29) is 5.54 Å². The molecule has 0 saturated carbocycles. The molecular weight excluding hydrogens is 262 g/mol. The average molecular weight is 293 g/mol. The molecule has 0 aliphatic carbocycles. The van der Waals surface area contributed by atoms with Gasteiger partial charge in [-0.2, -0.15) is 0 Å². The van der Waals surface area contributed by atoms with Gasteiger partial charge in [0.05, 0.1) is 17.4 Å². The van der Waals surface area contributed by atoms with Crippen LogP contribution in [-0.2, 0) is 12.1 Å². The molecule has 1 aromatic heterocycles. The monoisotopic (exact) mass is 293 g/mol. The predicted octanol–water partition coefficient (Wildman–Crippen LogP) is 2.39. The summed E-state index contributed by atoms with van der Waals surface area (Å²) in [4.78, 5) is 2.63. The van der Waals surface area contributed by atoms with Crippen molar-refractivity contribution >= 4 is 0 Å². The number of piperidine rings is 1. The number of rotatable bonds is 6. The lowest BCUT2D eigenvalue weighted by atomic mass is 10.0. The second-order valence-electron chi connectivity index (χ2n) is 7.24. The van der Waals surface area contributed by atoms with Crippen LogP contribution in [0.3, 0.4) is 0 Å². The standard InChI is InChI=1S/C16H31N5/c1-14-8-5-6-10-20(14)11-7-9-17-12-15-13-21(19-18-15)16(2,3)4/h13-14,17H,5-12H2,1-4H3. The van der Waals surface area contributed by atoms with Gasteiger partial charge < -0.3 is 10.2 Å². The summed E-state index contributed by atoms with van der Waals surface area (Å²) in [5, 5.41) is 11.9. The summed E-state index contributed by atoms with van der Waals surface area (Å²) in [5.74, 6) is 0. The second-order valence-corrected chi connectivity index (χ2v) is 7.24. The number of hydrogen-bond donors (Lipinski definition) is 1. The van der Waals surface area contributed by atoms with Gasteiger partial charge in [-0.05, 0) is 66.6 Å². The minimum atomic E-state index is 0.00957. The lowest BCUT2D eigenvalue weighted by molar-refractivity contribution is 0.159. The maximum Gasteiger partial charge on any atom is 0.0965 e. The Bertz CT molecular complexity index is 421. The molecule has 1 atom stereocenters.